The molecule has 0 unspecified atom stereocenters. The molecule has 0 radical (unpaired) electrons. The van der Waals surface area contributed by atoms with Crippen LogP contribution in [0.4, 0.5) is 5.82 Å². The summed E-state index contributed by atoms with van der Waals surface area (Å²) in [6.07, 6.45) is 3.34. The molecule has 2 aromatic heterocycles. The smallest absolute Gasteiger partial charge is 0.123 e. The molecular formula is C22H20N6. The van der Waals surface area contributed by atoms with Gasteiger partial charge in [-0.2, -0.15) is 0 Å². The molecule has 1 aromatic carbocycles. The molecule has 0 amide bonds. The Morgan fingerprint density at radius 2 is 1.93 bits per heavy atom. The van der Waals surface area contributed by atoms with Gasteiger partial charge in [-0.1, -0.05) is 36.6 Å². The molecule has 138 valence electrons. The van der Waals surface area contributed by atoms with E-state index in [0.29, 0.717) is 28.4 Å². The molecule has 3 rings (SSSR count). The summed E-state index contributed by atoms with van der Waals surface area (Å²) in [7, 11) is 0. The number of allylic oxidation sites excluding steroid dienone is 2. The van der Waals surface area contributed by atoms with Crippen molar-refractivity contribution in [3.63, 3.8) is 0 Å². The van der Waals surface area contributed by atoms with E-state index in [1.54, 1.807) is 31.5 Å². The lowest BCUT2D eigenvalue weighted by molar-refractivity contribution is 1.24. The van der Waals surface area contributed by atoms with Gasteiger partial charge in [0.15, 0.2) is 0 Å². The van der Waals surface area contributed by atoms with Crippen LogP contribution in [-0.4, -0.2) is 15.7 Å². The lowest BCUT2D eigenvalue weighted by Crippen LogP contribution is -2.12. The molecule has 0 spiro atoms. The summed E-state index contributed by atoms with van der Waals surface area (Å²) in [5.41, 5.74) is 21.5. The molecule has 0 atom stereocenters. The Balaban J connectivity index is 2.11. The summed E-state index contributed by atoms with van der Waals surface area (Å²) in [5.74, 6) is 6.71. The number of aliphatic imine (C=N–C) groups is 1. The zero-order valence-electron chi connectivity index (χ0n) is 15.5. The predicted octanol–water partition coefficient (Wildman–Crippen LogP) is 2.72. The highest BCUT2D eigenvalue weighted by atomic mass is 14.9. The van der Waals surface area contributed by atoms with Crippen LogP contribution in [0.1, 0.15) is 18.1 Å². The van der Waals surface area contributed by atoms with E-state index in [2.05, 4.69) is 33.4 Å². The lowest BCUT2D eigenvalue weighted by atomic mass is 9.99. The molecule has 2 heterocycles. The zero-order chi connectivity index (χ0) is 20.1. The Bertz CT molecular complexity index is 1160. The minimum Gasteiger partial charge on any atom is -0.401 e. The number of nitrogen functional groups attached to an aromatic ring is 1. The fourth-order valence-electron chi connectivity index (χ4n) is 2.58. The van der Waals surface area contributed by atoms with Crippen molar-refractivity contribution in [3.8, 4) is 11.8 Å². The Kier molecular flexibility index (Phi) is 5.38. The van der Waals surface area contributed by atoms with Gasteiger partial charge < -0.3 is 17.2 Å². The molecule has 6 N–H and O–H groups in total. The second-order valence-electron chi connectivity index (χ2n) is 6.14. The van der Waals surface area contributed by atoms with Crippen molar-refractivity contribution >= 4 is 22.4 Å². The molecule has 28 heavy (non-hydrogen) atoms. The third kappa shape index (κ3) is 4.34. The first kappa shape index (κ1) is 18.7. The van der Waals surface area contributed by atoms with Gasteiger partial charge in [-0.3, -0.25) is 4.98 Å². The van der Waals surface area contributed by atoms with Gasteiger partial charge in [0.2, 0.25) is 0 Å². The summed E-state index contributed by atoms with van der Waals surface area (Å²) >= 11 is 0. The average Bonchev–Trinajstić information content (AvgIpc) is 2.67. The lowest BCUT2D eigenvalue weighted by Gasteiger charge is -2.10. The number of nitrogens with two attached hydrogens (primary N) is 3. The van der Waals surface area contributed by atoms with Crippen molar-refractivity contribution in [1.29, 1.82) is 0 Å². The maximum atomic E-state index is 6.13. The van der Waals surface area contributed by atoms with Crippen molar-refractivity contribution in [2.75, 3.05) is 5.73 Å². The van der Waals surface area contributed by atoms with Crippen LogP contribution < -0.4 is 17.2 Å². The van der Waals surface area contributed by atoms with Gasteiger partial charge in [-0.05, 0) is 31.2 Å². The van der Waals surface area contributed by atoms with E-state index < -0.39 is 0 Å². The summed E-state index contributed by atoms with van der Waals surface area (Å²) in [5, 5.41) is 1.02. The molecule has 0 saturated carbocycles. The number of nitrogens with zero attached hydrogens (tertiary/aromatic N) is 3. The summed E-state index contributed by atoms with van der Waals surface area (Å²) in [6.45, 7) is 5.45. The van der Waals surface area contributed by atoms with Gasteiger partial charge >= 0.3 is 0 Å². The predicted molar refractivity (Wildman–Crippen MR) is 114 cm³/mol. The third-order valence-corrected chi connectivity index (χ3v) is 3.88. The van der Waals surface area contributed by atoms with E-state index in [-0.39, 0.29) is 5.82 Å². The highest BCUT2D eigenvalue weighted by Crippen LogP contribution is 2.18. The Morgan fingerprint density at radius 3 is 2.61 bits per heavy atom. The summed E-state index contributed by atoms with van der Waals surface area (Å²) in [4.78, 5) is 12.8. The second-order valence-corrected chi connectivity index (χ2v) is 6.14. The maximum Gasteiger partial charge on any atom is 0.123 e. The Labute approximate surface area is 163 Å². The van der Waals surface area contributed by atoms with Crippen molar-refractivity contribution in [2.45, 2.75) is 6.92 Å². The molecule has 0 aliphatic heterocycles. The van der Waals surface area contributed by atoms with Crippen molar-refractivity contribution in [1.82, 2.24) is 9.97 Å². The highest BCUT2D eigenvalue weighted by Gasteiger charge is 2.12. The topological polar surface area (TPSA) is 116 Å². The number of anilines is 1. The Morgan fingerprint density at radius 1 is 1.11 bits per heavy atom. The average molecular weight is 368 g/mol. The van der Waals surface area contributed by atoms with E-state index >= 15 is 0 Å². The van der Waals surface area contributed by atoms with Gasteiger partial charge in [0, 0.05) is 34.6 Å². The largest absolute Gasteiger partial charge is 0.401 e. The molecule has 0 fully saturated rings. The molecule has 3 aromatic rings. The summed E-state index contributed by atoms with van der Waals surface area (Å²) < 4.78 is 0. The molecule has 6 heteroatoms. The molecule has 0 aliphatic rings. The standard InChI is InChI=1S/C22H20N6/c1-14(23)19(9-5-16-6-10-21(25)27-13-16)22(28-15(2)24)18-8-7-17-4-3-11-26-20(17)12-18/h3-4,6-8,10-13H,2,23-24H2,1H3,(H2,25,27)/b19-14-,28-22?. The number of pyridine rings is 2. The highest BCUT2D eigenvalue weighted by molar-refractivity contribution is 6.17. The van der Waals surface area contributed by atoms with Gasteiger partial charge in [-0.15, -0.1) is 0 Å². The van der Waals surface area contributed by atoms with Crippen molar-refractivity contribution < 1.29 is 0 Å². The number of aromatic nitrogens is 2. The van der Waals surface area contributed by atoms with Gasteiger partial charge in [-0.25, -0.2) is 9.98 Å². The van der Waals surface area contributed by atoms with Gasteiger partial charge in [0.05, 0.1) is 16.8 Å². The summed E-state index contributed by atoms with van der Waals surface area (Å²) in [6, 6.07) is 13.2. The molecule has 0 aliphatic carbocycles. The van der Waals surface area contributed by atoms with E-state index in [0.717, 1.165) is 16.5 Å². The molecular weight excluding hydrogens is 348 g/mol. The van der Waals surface area contributed by atoms with Crippen LogP contribution in [0.3, 0.4) is 0 Å². The van der Waals surface area contributed by atoms with Crippen LogP contribution in [0.5, 0.6) is 0 Å². The fraction of sp³-hybridized carbons (Fsp3) is 0.0455. The minimum absolute atomic E-state index is 0.158. The van der Waals surface area contributed by atoms with E-state index in [9.17, 15) is 0 Å². The molecule has 0 bridgehead atoms. The van der Waals surface area contributed by atoms with E-state index in [1.807, 2.05) is 30.3 Å². The van der Waals surface area contributed by atoms with Crippen molar-refractivity contribution in [3.05, 3.63) is 89.7 Å². The van der Waals surface area contributed by atoms with Crippen LogP contribution in [0.2, 0.25) is 0 Å². The maximum absolute atomic E-state index is 6.13. The third-order valence-electron chi connectivity index (χ3n) is 3.88. The monoisotopic (exact) mass is 368 g/mol. The van der Waals surface area contributed by atoms with Crippen LogP contribution >= 0.6 is 0 Å². The number of rotatable bonds is 3. The van der Waals surface area contributed by atoms with Crippen molar-refractivity contribution in [2.24, 2.45) is 16.5 Å². The number of hydrogen-bond donors (Lipinski definition) is 3. The normalized spacial score (nSPS) is 12.1. The van der Waals surface area contributed by atoms with Crippen LogP contribution in [-0.2, 0) is 0 Å². The number of fused-ring (bicyclic) bond motifs is 1. The van der Waals surface area contributed by atoms with Crippen LogP contribution in [0.15, 0.2) is 83.5 Å². The van der Waals surface area contributed by atoms with E-state index in [1.165, 1.54) is 0 Å². The Hall–Kier alpha value is -4.11. The first-order chi connectivity index (χ1) is 13.4. The SMILES string of the molecule is C=C(N)N=C(/C(C#Cc1ccc(N)nc1)=C(/C)N)c1ccc2cccnc2c1. The minimum atomic E-state index is 0.158. The second kappa shape index (κ2) is 8.06. The van der Waals surface area contributed by atoms with Crippen LogP contribution in [0, 0.1) is 11.8 Å². The van der Waals surface area contributed by atoms with Crippen LogP contribution in [0.25, 0.3) is 10.9 Å². The zero-order valence-corrected chi connectivity index (χ0v) is 15.5. The fourth-order valence-corrected chi connectivity index (χ4v) is 2.58. The van der Waals surface area contributed by atoms with E-state index in [4.69, 9.17) is 17.2 Å². The van der Waals surface area contributed by atoms with Gasteiger partial charge in [0.25, 0.3) is 0 Å². The molecule has 0 saturated heterocycles. The first-order valence-electron chi connectivity index (χ1n) is 8.52. The first-order valence-corrected chi connectivity index (χ1v) is 8.52. The number of benzene rings is 1. The quantitative estimate of drug-likeness (QED) is 0.485. The van der Waals surface area contributed by atoms with Gasteiger partial charge in [0.1, 0.15) is 11.6 Å². The number of hydrogen-bond acceptors (Lipinski definition) is 6. The molecule has 6 nitrogen and oxygen atoms in total.